The van der Waals surface area contributed by atoms with Crippen LogP contribution < -0.4 is 11.1 Å². The van der Waals surface area contributed by atoms with Crippen LogP contribution in [0.5, 0.6) is 0 Å². The van der Waals surface area contributed by atoms with Gasteiger partial charge in [-0.05, 0) is 6.42 Å². The first-order chi connectivity index (χ1) is 7.13. The van der Waals surface area contributed by atoms with Crippen LogP contribution in [0.3, 0.4) is 0 Å². The Morgan fingerprint density at radius 3 is 2.87 bits per heavy atom. The Hall–Kier alpha value is -1.30. The lowest BCUT2D eigenvalue weighted by Crippen LogP contribution is -2.40. The summed E-state index contributed by atoms with van der Waals surface area (Å²) in [7, 11) is 1.32. The number of rotatable bonds is 3. The van der Waals surface area contributed by atoms with Crippen molar-refractivity contribution < 1.29 is 14.3 Å². The van der Waals surface area contributed by atoms with Crippen molar-refractivity contribution in [2.75, 3.05) is 26.7 Å². The van der Waals surface area contributed by atoms with E-state index in [9.17, 15) is 9.59 Å². The molecule has 3 N–H and O–H groups in total. The van der Waals surface area contributed by atoms with Crippen LogP contribution in [0.1, 0.15) is 12.8 Å². The molecule has 1 rings (SSSR count). The Balaban J connectivity index is 2.16. The molecule has 0 aliphatic carbocycles. The summed E-state index contributed by atoms with van der Waals surface area (Å²) in [4.78, 5) is 23.9. The third kappa shape index (κ3) is 3.75. The van der Waals surface area contributed by atoms with Crippen molar-refractivity contribution >= 4 is 12.0 Å². The van der Waals surface area contributed by atoms with Gasteiger partial charge in [-0.2, -0.15) is 0 Å². The molecule has 0 aromatic heterocycles. The average Bonchev–Trinajstić information content (AvgIpc) is 2.64. The zero-order valence-electron chi connectivity index (χ0n) is 8.86. The maximum atomic E-state index is 11.5. The van der Waals surface area contributed by atoms with Crippen LogP contribution in [0, 0.1) is 0 Å². The van der Waals surface area contributed by atoms with Gasteiger partial charge in [-0.15, -0.1) is 0 Å². The molecular formula is C9H17N3O3. The third-order valence-corrected chi connectivity index (χ3v) is 2.34. The van der Waals surface area contributed by atoms with Crippen LogP contribution in [0.25, 0.3) is 0 Å². The van der Waals surface area contributed by atoms with E-state index in [0.29, 0.717) is 19.6 Å². The molecule has 1 fully saturated rings. The molecule has 0 aromatic rings. The Morgan fingerprint density at radius 1 is 1.60 bits per heavy atom. The van der Waals surface area contributed by atoms with Gasteiger partial charge in [0, 0.05) is 25.7 Å². The molecule has 1 atom stereocenters. The molecule has 0 aromatic carbocycles. The number of carbonyl (C=O) groups is 2. The van der Waals surface area contributed by atoms with Crippen LogP contribution in [0.15, 0.2) is 0 Å². The van der Waals surface area contributed by atoms with Gasteiger partial charge in [0.25, 0.3) is 0 Å². The highest BCUT2D eigenvalue weighted by Crippen LogP contribution is 2.06. The van der Waals surface area contributed by atoms with E-state index in [1.165, 1.54) is 7.11 Å². The van der Waals surface area contributed by atoms with Gasteiger partial charge in [-0.25, -0.2) is 4.79 Å². The third-order valence-electron chi connectivity index (χ3n) is 2.34. The Kier molecular flexibility index (Phi) is 4.36. The van der Waals surface area contributed by atoms with Crippen molar-refractivity contribution in [2.24, 2.45) is 5.73 Å². The van der Waals surface area contributed by atoms with Gasteiger partial charge in [0.1, 0.15) is 0 Å². The molecule has 1 aliphatic rings. The van der Waals surface area contributed by atoms with Gasteiger partial charge in [0.2, 0.25) is 0 Å². The van der Waals surface area contributed by atoms with Gasteiger partial charge < -0.3 is 20.7 Å². The highest BCUT2D eigenvalue weighted by atomic mass is 16.5. The number of nitrogens with two attached hydrogens (primary N) is 1. The van der Waals surface area contributed by atoms with Crippen molar-refractivity contribution in [3.8, 4) is 0 Å². The first kappa shape index (κ1) is 11.8. The fourth-order valence-corrected chi connectivity index (χ4v) is 1.46. The highest BCUT2D eigenvalue weighted by molar-refractivity contribution is 5.75. The maximum absolute atomic E-state index is 11.5. The number of likely N-dealkylation sites (tertiary alicyclic amines) is 1. The molecule has 6 heteroatoms. The number of urea groups is 1. The van der Waals surface area contributed by atoms with Gasteiger partial charge >= 0.3 is 12.0 Å². The molecule has 0 bridgehead atoms. The number of nitrogens with zero attached hydrogens (tertiary/aromatic N) is 1. The molecule has 1 saturated heterocycles. The van der Waals surface area contributed by atoms with E-state index in [1.807, 2.05) is 0 Å². The number of amides is 2. The smallest absolute Gasteiger partial charge is 0.317 e. The SMILES string of the molecule is COC(=O)CCNC(=O)N1CCC(N)C1. The Morgan fingerprint density at radius 2 is 2.33 bits per heavy atom. The largest absolute Gasteiger partial charge is 0.469 e. The van der Waals surface area contributed by atoms with Crippen molar-refractivity contribution in [3.63, 3.8) is 0 Å². The van der Waals surface area contributed by atoms with Gasteiger partial charge in [-0.3, -0.25) is 4.79 Å². The second-order valence-corrected chi connectivity index (χ2v) is 3.55. The van der Waals surface area contributed by atoms with E-state index in [1.54, 1.807) is 4.90 Å². The minimum absolute atomic E-state index is 0.0800. The second kappa shape index (κ2) is 5.55. The van der Waals surface area contributed by atoms with Crippen LogP contribution in [-0.2, 0) is 9.53 Å². The summed E-state index contributed by atoms with van der Waals surface area (Å²) in [6.45, 7) is 1.58. The Bertz CT molecular complexity index is 245. The van der Waals surface area contributed by atoms with Crippen LogP contribution in [0.4, 0.5) is 4.79 Å². The lowest BCUT2D eigenvalue weighted by molar-refractivity contribution is -0.140. The summed E-state index contributed by atoms with van der Waals surface area (Å²) in [6, 6.07) is -0.0804. The topological polar surface area (TPSA) is 84.7 Å². The van der Waals surface area contributed by atoms with E-state index >= 15 is 0 Å². The monoisotopic (exact) mass is 215 g/mol. The van der Waals surface area contributed by atoms with Crippen LogP contribution >= 0.6 is 0 Å². The molecule has 1 unspecified atom stereocenters. The van der Waals surface area contributed by atoms with Gasteiger partial charge in [0.05, 0.1) is 13.5 Å². The fourth-order valence-electron chi connectivity index (χ4n) is 1.46. The summed E-state index contributed by atoms with van der Waals surface area (Å²) in [5.41, 5.74) is 5.67. The first-order valence-electron chi connectivity index (χ1n) is 4.98. The van der Waals surface area contributed by atoms with Crippen LogP contribution in [-0.4, -0.2) is 49.7 Å². The molecule has 6 nitrogen and oxygen atoms in total. The van der Waals surface area contributed by atoms with Crippen molar-refractivity contribution in [3.05, 3.63) is 0 Å². The molecule has 0 radical (unpaired) electrons. The summed E-state index contributed by atoms with van der Waals surface area (Å²) in [5, 5.41) is 2.64. The lowest BCUT2D eigenvalue weighted by atomic mass is 10.3. The zero-order valence-corrected chi connectivity index (χ0v) is 8.86. The normalized spacial score (nSPS) is 20.1. The fraction of sp³-hybridized carbons (Fsp3) is 0.778. The Labute approximate surface area is 88.7 Å². The lowest BCUT2D eigenvalue weighted by Gasteiger charge is -2.16. The van der Waals surface area contributed by atoms with Crippen molar-refractivity contribution in [1.82, 2.24) is 10.2 Å². The number of carbonyl (C=O) groups excluding carboxylic acids is 2. The van der Waals surface area contributed by atoms with Crippen molar-refractivity contribution in [1.29, 1.82) is 0 Å². The van der Waals surface area contributed by atoms with E-state index in [4.69, 9.17) is 5.73 Å². The first-order valence-corrected chi connectivity index (χ1v) is 4.98. The maximum Gasteiger partial charge on any atom is 0.317 e. The summed E-state index contributed by atoms with van der Waals surface area (Å²) >= 11 is 0. The van der Waals surface area contributed by atoms with Gasteiger partial charge in [-0.1, -0.05) is 0 Å². The van der Waals surface area contributed by atoms with Gasteiger partial charge in [0.15, 0.2) is 0 Å². The molecule has 1 heterocycles. The van der Waals surface area contributed by atoms with E-state index in [2.05, 4.69) is 10.1 Å². The second-order valence-electron chi connectivity index (χ2n) is 3.55. The highest BCUT2D eigenvalue weighted by Gasteiger charge is 2.23. The van der Waals surface area contributed by atoms with Crippen LogP contribution in [0.2, 0.25) is 0 Å². The number of esters is 1. The van der Waals surface area contributed by atoms with E-state index < -0.39 is 0 Å². The minimum Gasteiger partial charge on any atom is -0.469 e. The molecular weight excluding hydrogens is 198 g/mol. The van der Waals surface area contributed by atoms with E-state index in [0.717, 1.165) is 6.42 Å². The number of ether oxygens (including phenoxy) is 1. The summed E-state index contributed by atoms with van der Waals surface area (Å²) < 4.78 is 4.45. The average molecular weight is 215 g/mol. The predicted octanol–water partition coefficient (Wildman–Crippen LogP) is -0.708. The molecule has 15 heavy (non-hydrogen) atoms. The summed E-state index contributed by atoms with van der Waals surface area (Å²) in [5.74, 6) is -0.326. The molecule has 2 amide bonds. The number of methoxy groups -OCH3 is 1. The number of hydrogen-bond acceptors (Lipinski definition) is 4. The van der Waals surface area contributed by atoms with E-state index in [-0.39, 0.29) is 24.5 Å². The molecule has 86 valence electrons. The van der Waals surface area contributed by atoms with Crippen molar-refractivity contribution in [2.45, 2.75) is 18.9 Å². The molecule has 0 saturated carbocycles. The number of nitrogens with one attached hydrogen (secondary N) is 1. The predicted molar refractivity (Wildman–Crippen MR) is 54.2 cm³/mol. The quantitative estimate of drug-likeness (QED) is 0.609. The standard InChI is InChI=1S/C9H17N3O3/c1-15-8(13)2-4-11-9(14)12-5-3-7(10)6-12/h7H,2-6,10H2,1H3,(H,11,14). The summed E-state index contributed by atoms with van der Waals surface area (Å²) in [6.07, 6.45) is 1.03. The number of hydrogen-bond donors (Lipinski definition) is 2. The molecule has 1 aliphatic heterocycles. The molecule has 0 spiro atoms. The zero-order chi connectivity index (χ0) is 11.3. The minimum atomic E-state index is -0.326.